The van der Waals surface area contributed by atoms with Crippen LogP contribution in [0.15, 0.2) is 0 Å². The van der Waals surface area contributed by atoms with E-state index in [2.05, 4.69) is 38.3 Å². The Labute approximate surface area is 532 Å². The van der Waals surface area contributed by atoms with Crippen LogP contribution in [0.25, 0.3) is 0 Å². The molecule has 0 saturated carbocycles. The van der Waals surface area contributed by atoms with Crippen LogP contribution in [0.2, 0.25) is 0 Å². The number of rotatable bonds is 60. The summed E-state index contributed by atoms with van der Waals surface area (Å²) in [6, 6.07) is -1.57. The van der Waals surface area contributed by atoms with E-state index in [0.717, 1.165) is 116 Å². The number of hydrogen-bond donors (Lipinski definition) is 5. The van der Waals surface area contributed by atoms with Crippen LogP contribution in [0.3, 0.4) is 0 Å². The maximum Gasteiger partial charge on any atom is 0.470 e. The third kappa shape index (κ3) is 45.1. The second kappa shape index (κ2) is 55.4. The average molecular weight is 1280 g/mol. The molecule has 0 aromatic carbocycles. The molecule has 1 heterocycles. The molecule has 19 nitrogen and oxygen atoms in total. The van der Waals surface area contributed by atoms with Crippen LogP contribution in [0.4, 0.5) is 0 Å². The summed E-state index contributed by atoms with van der Waals surface area (Å²) in [6.45, 7) is 11.4. The van der Waals surface area contributed by atoms with E-state index in [9.17, 15) is 48.2 Å². The second-order valence-corrected chi connectivity index (χ2v) is 25.9. The molecule has 0 aromatic rings. The lowest BCUT2D eigenvalue weighted by Crippen LogP contribution is -2.66. The molecule has 0 aliphatic carbocycles. The first kappa shape index (κ1) is 82.8. The third-order valence-corrected chi connectivity index (χ3v) is 16.9. The zero-order valence-corrected chi connectivity index (χ0v) is 57.0. The predicted molar refractivity (Wildman–Crippen MR) is 345 cm³/mol. The van der Waals surface area contributed by atoms with Crippen molar-refractivity contribution in [1.29, 1.82) is 0 Å². The molecule has 1 aliphatic rings. The first-order valence-corrected chi connectivity index (χ1v) is 37.0. The Balaban J connectivity index is 3.61. The number of amides is 2. The van der Waals surface area contributed by atoms with Crippen molar-refractivity contribution in [3.05, 3.63) is 0 Å². The molecule has 0 bridgehead atoms. The van der Waals surface area contributed by atoms with E-state index in [-0.39, 0.29) is 51.2 Å². The minimum Gasteiger partial charge on any atom is -0.462 e. The summed E-state index contributed by atoms with van der Waals surface area (Å²) in [5, 5.41) is 16.4. The number of aliphatic hydroxyl groups excluding tert-OH is 1. The Morgan fingerprint density at radius 2 is 0.784 bits per heavy atom. The molecule has 1 rings (SSSR count). The molecule has 88 heavy (non-hydrogen) atoms. The van der Waals surface area contributed by atoms with Crippen molar-refractivity contribution in [3.8, 4) is 0 Å². The number of aliphatic hydroxyl groups is 1. The van der Waals surface area contributed by atoms with Gasteiger partial charge in [-0.25, -0.2) is 4.57 Å². The number of phosphoric ester groups is 1. The Morgan fingerprint density at radius 1 is 0.443 bits per heavy atom. The van der Waals surface area contributed by atoms with E-state index in [1.807, 2.05) is 13.8 Å². The summed E-state index contributed by atoms with van der Waals surface area (Å²) in [4.78, 5) is 102. The van der Waals surface area contributed by atoms with Gasteiger partial charge in [-0.1, -0.05) is 234 Å². The van der Waals surface area contributed by atoms with E-state index in [1.54, 1.807) is 0 Å². The minimum absolute atomic E-state index is 0.0846. The second-order valence-electron chi connectivity index (χ2n) is 24.7. The molecule has 5 N–H and O–H groups in total. The Morgan fingerprint density at radius 3 is 1.15 bits per heavy atom. The summed E-state index contributed by atoms with van der Waals surface area (Å²) in [5.41, 5.74) is 0. The van der Waals surface area contributed by atoms with Crippen LogP contribution in [-0.2, 0) is 66.3 Å². The highest BCUT2D eigenvalue weighted by Crippen LogP contribution is 2.42. The Kier molecular flexibility index (Phi) is 52.2. The first-order chi connectivity index (χ1) is 42.5. The minimum atomic E-state index is -5.44. The monoisotopic (exact) mass is 1270 g/mol. The number of ether oxygens (including phenoxy) is 6. The maximum atomic E-state index is 14.5. The topological polar surface area (TPSA) is 269 Å². The van der Waals surface area contributed by atoms with Gasteiger partial charge in [-0.05, 0) is 57.8 Å². The van der Waals surface area contributed by atoms with Crippen LogP contribution in [0.1, 0.15) is 330 Å². The quantitative estimate of drug-likeness (QED) is 0.0164. The molecule has 0 aromatic heterocycles. The van der Waals surface area contributed by atoms with Crippen molar-refractivity contribution >= 4 is 43.5 Å². The molecule has 516 valence electrons. The average Bonchev–Trinajstić information content (AvgIpc) is 2.38. The molecule has 8 atom stereocenters. The van der Waals surface area contributed by atoms with Crippen molar-refractivity contribution in [2.45, 2.75) is 379 Å². The van der Waals surface area contributed by atoms with Crippen molar-refractivity contribution in [3.63, 3.8) is 0 Å². The maximum absolute atomic E-state index is 14.5. The largest absolute Gasteiger partial charge is 0.470 e. The summed E-state index contributed by atoms with van der Waals surface area (Å²) in [5.74, 6) is -3.29. The molecule has 1 saturated heterocycles. The van der Waals surface area contributed by atoms with E-state index >= 15 is 0 Å². The fraction of sp³-hybridized carbons (Fsp3) is 0.912. The molecule has 2 unspecified atom stereocenters. The van der Waals surface area contributed by atoms with Crippen LogP contribution in [0, 0.1) is 0 Å². The summed E-state index contributed by atoms with van der Waals surface area (Å²) in [7, 11) is -5.44. The number of unbranched alkanes of at least 4 members (excludes halogenated alkanes) is 30. The number of esters is 4. The van der Waals surface area contributed by atoms with Crippen molar-refractivity contribution in [2.75, 3.05) is 19.8 Å². The van der Waals surface area contributed by atoms with Crippen molar-refractivity contribution in [2.24, 2.45) is 0 Å². The van der Waals surface area contributed by atoms with Gasteiger partial charge in [-0.15, -0.1) is 0 Å². The van der Waals surface area contributed by atoms with Crippen LogP contribution in [-0.4, -0.2) is 119 Å². The zero-order valence-electron chi connectivity index (χ0n) is 56.1. The highest BCUT2D eigenvalue weighted by Gasteiger charge is 2.52. The lowest BCUT2D eigenvalue weighted by molar-refractivity contribution is -0.270. The van der Waals surface area contributed by atoms with Gasteiger partial charge in [0, 0.05) is 25.8 Å². The number of carbonyl (C=O) groups is 6. The van der Waals surface area contributed by atoms with Crippen molar-refractivity contribution < 1.29 is 81.2 Å². The fourth-order valence-corrected chi connectivity index (χ4v) is 11.8. The van der Waals surface area contributed by atoms with E-state index in [0.29, 0.717) is 51.4 Å². The summed E-state index contributed by atoms with van der Waals surface area (Å²) >= 11 is 0. The molecule has 2 amide bonds. The van der Waals surface area contributed by atoms with Crippen molar-refractivity contribution in [1.82, 2.24) is 10.6 Å². The standard InChI is InChI=1S/C68H127N2O17P/c1-7-13-19-22-25-28-31-34-40-43-55(82-61(74)46-37-16-10-4)51-59(72)69-49-50-81-68-65(70-60(73)52-56(83-62(75)47-38-17-11-5)44-41-35-32-29-26-23-20-14-8-2)67(66(58(54-71)85-68)87-88(78,79)80)86-64(77)53-57(84-63(76)48-39-18-12-6)45-42-36-33-30-27-24-21-15-9-3/h55-58,65-68,71H,7-54H2,1-6H3,(H,69,72)(H,70,73)(H2,78,79,80)/t55-,56-,57-,58?,65+,66+,67?,68-/m1/s1. The molecule has 0 spiro atoms. The number of nitrogens with one attached hydrogen (secondary N) is 2. The van der Waals surface area contributed by atoms with Gasteiger partial charge in [0.1, 0.15) is 36.6 Å². The van der Waals surface area contributed by atoms with Gasteiger partial charge in [-0.3, -0.25) is 33.3 Å². The molecular weight excluding hydrogens is 1150 g/mol. The number of phosphoric acid groups is 1. The molecule has 20 heteroatoms. The van der Waals surface area contributed by atoms with Crippen LogP contribution in [0.5, 0.6) is 0 Å². The van der Waals surface area contributed by atoms with Gasteiger partial charge in [0.25, 0.3) is 0 Å². The van der Waals surface area contributed by atoms with Gasteiger partial charge in [0.05, 0.1) is 32.5 Å². The molecule has 1 aliphatic heterocycles. The van der Waals surface area contributed by atoms with E-state index in [4.69, 9.17) is 32.9 Å². The molecular formula is C68H127N2O17P. The Hall–Kier alpha value is -3.19. The van der Waals surface area contributed by atoms with Crippen LogP contribution >= 0.6 is 7.82 Å². The van der Waals surface area contributed by atoms with Gasteiger partial charge in [0.15, 0.2) is 12.4 Å². The number of hydrogen-bond acceptors (Lipinski definition) is 15. The zero-order chi connectivity index (χ0) is 64.9. The van der Waals surface area contributed by atoms with E-state index < -0.39 is 99.5 Å². The van der Waals surface area contributed by atoms with Gasteiger partial charge >= 0.3 is 31.7 Å². The smallest absolute Gasteiger partial charge is 0.462 e. The van der Waals surface area contributed by atoms with Gasteiger partial charge < -0.3 is 53.9 Å². The van der Waals surface area contributed by atoms with Crippen LogP contribution < -0.4 is 10.6 Å². The van der Waals surface area contributed by atoms with Gasteiger partial charge in [0.2, 0.25) is 11.8 Å². The lowest BCUT2D eigenvalue weighted by Gasteiger charge is -2.45. The normalized spacial score (nSPS) is 17.9. The highest BCUT2D eigenvalue weighted by atomic mass is 31.2. The lowest BCUT2D eigenvalue weighted by atomic mass is 9.96. The van der Waals surface area contributed by atoms with Gasteiger partial charge in [-0.2, -0.15) is 0 Å². The first-order valence-electron chi connectivity index (χ1n) is 35.5. The predicted octanol–water partition coefficient (Wildman–Crippen LogP) is 15.1. The fourth-order valence-electron chi connectivity index (χ4n) is 11.2. The molecule has 0 radical (unpaired) electrons. The van der Waals surface area contributed by atoms with E-state index in [1.165, 1.54) is 83.5 Å². The summed E-state index contributed by atoms with van der Waals surface area (Å²) in [6.07, 6.45) is 27.8. The third-order valence-electron chi connectivity index (χ3n) is 16.3. The number of carbonyl (C=O) groups excluding carboxylic acids is 6. The SMILES string of the molecule is CCCCCCCCCCC[C@H](CC(=O)NCCO[C@@H]1OC(CO)[C@H](OP(=O)(O)O)C(OC(=O)C[C@@H](CCCCCCCCCCC)OC(=O)CCCCC)[C@@H]1NC(=O)C[C@@H](CCCCCCCCCCC)OC(=O)CCCCC)OC(=O)CCCCC. The summed E-state index contributed by atoms with van der Waals surface area (Å²) < 4.78 is 54.3. The highest BCUT2D eigenvalue weighted by molar-refractivity contribution is 7.46. The molecule has 1 fully saturated rings. The Bertz CT molecular complexity index is 1820.